The zero-order valence-electron chi connectivity index (χ0n) is 6.11. The minimum absolute atomic E-state index is 0.0759. The zero-order valence-corrected chi connectivity index (χ0v) is 6.87. The normalized spacial score (nSPS) is 10.8. The second kappa shape index (κ2) is 3.31. The van der Waals surface area contributed by atoms with E-state index in [0.29, 0.717) is 6.07 Å². The highest BCUT2D eigenvalue weighted by molar-refractivity contribution is 6.31. The van der Waals surface area contributed by atoms with Crippen LogP contribution in [0.15, 0.2) is 6.07 Å². The molecule has 5 heteroatoms. The van der Waals surface area contributed by atoms with Crippen LogP contribution in [-0.2, 0) is 0 Å². The molecule has 1 nitrogen and oxygen atoms in total. The van der Waals surface area contributed by atoms with Crippen molar-refractivity contribution in [2.75, 3.05) is 0 Å². The van der Waals surface area contributed by atoms with E-state index >= 15 is 0 Å². The van der Waals surface area contributed by atoms with Crippen molar-refractivity contribution in [3.05, 3.63) is 28.3 Å². The first-order valence-corrected chi connectivity index (χ1v) is 3.51. The van der Waals surface area contributed by atoms with Gasteiger partial charge >= 0.3 is 0 Å². The van der Waals surface area contributed by atoms with Crippen molar-refractivity contribution in [3.63, 3.8) is 0 Å². The predicted molar refractivity (Wildman–Crippen MR) is 38.9 cm³/mol. The van der Waals surface area contributed by atoms with Crippen molar-refractivity contribution in [2.45, 2.75) is 13.3 Å². The summed E-state index contributed by atoms with van der Waals surface area (Å²) in [5.74, 6) is -0.862. The van der Waals surface area contributed by atoms with Crippen molar-refractivity contribution in [1.82, 2.24) is 4.98 Å². The molecule has 0 atom stereocenters. The van der Waals surface area contributed by atoms with Gasteiger partial charge in [0.1, 0.15) is 11.5 Å². The van der Waals surface area contributed by atoms with Gasteiger partial charge in [-0.3, -0.25) is 4.98 Å². The van der Waals surface area contributed by atoms with Crippen molar-refractivity contribution < 1.29 is 13.2 Å². The summed E-state index contributed by atoms with van der Waals surface area (Å²) in [7, 11) is 0. The smallest absolute Gasteiger partial charge is 0.250 e. The summed E-state index contributed by atoms with van der Waals surface area (Å²) >= 11 is 5.37. The maximum Gasteiger partial charge on any atom is 0.280 e. The summed E-state index contributed by atoms with van der Waals surface area (Å²) in [5, 5.41) is -0.209. The first-order valence-electron chi connectivity index (χ1n) is 3.13. The zero-order chi connectivity index (χ0) is 9.30. The second-order valence-electron chi connectivity index (χ2n) is 2.23. The molecule has 1 aromatic rings. The molecule has 12 heavy (non-hydrogen) atoms. The van der Waals surface area contributed by atoms with E-state index in [-0.39, 0.29) is 10.7 Å². The average molecular weight is 196 g/mol. The molecule has 0 bridgehead atoms. The topological polar surface area (TPSA) is 12.9 Å². The first-order chi connectivity index (χ1) is 5.52. The van der Waals surface area contributed by atoms with E-state index in [1.54, 1.807) is 0 Å². The van der Waals surface area contributed by atoms with Crippen LogP contribution in [0.4, 0.5) is 13.2 Å². The lowest BCUT2D eigenvalue weighted by molar-refractivity contribution is 0.145. The lowest BCUT2D eigenvalue weighted by Gasteiger charge is -2.02. The summed E-state index contributed by atoms with van der Waals surface area (Å²) in [6.07, 6.45) is -2.77. The van der Waals surface area contributed by atoms with Crippen molar-refractivity contribution in [1.29, 1.82) is 0 Å². The molecular formula is C7H5ClF3N. The van der Waals surface area contributed by atoms with Gasteiger partial charge in [0, 0.05) is 6.07 Å². The minimum Gasteiger partial charge on any atom is -0.250 e. The predicted octanol–water partition coefficient (Wildman–Crippen LogP) is 3.12. The molecule has 66 valence electrons. The Balaban J connectivity index is 3.21. The summed E-state index contributed by atoms with van der Waals surface area (Å²) in [4.78, 5) is 3.41. The quantitative estimate of drug-likeness (QED) is 0.671. The number of halogens is 4. The van der Waals surface area contributed by atoms with Gasteiger partial charge in [0.2, 0.25) is 0 Å². The van der Waals surface area contributed by atoms with E-state index in [1.165, 1.54) is 6.92 Å². The molecule has 1 rings (SSSR count). The number of hydrogen-bond acceptors (Lipinski definition) is 1. The average Bonchev–Trinajstić information content (AvgIpc) is 1.99. The molecule has 0 spiro atoms. The minimum atomic E-state index is -2.77. The number of nitrogens with zero attached hydrogens (tertiary/aromatic N) is 1. The van der Waals surface area contributed by atoms with Crippen molar-refractivity contribution in [2.24, 2.45) is 0 Å². The van der Waals surface area contributed by atoms with Crippen LogP contribution in [0.25, 0.3) is 0 Å². The maximum atomic E-state index is 12.7. The first kappa shape index (κ1) is 9.32. The molecular weight excluding hydrogens is 191 g/mol. The van der Waals surface area contributed by atoms with Crippen LogP contribution in [0.1, 0.15) is 17.8 Å². The second-order valence-corrected chi connectivity index (χ2v) is 2.61. The SMILES string of the molecule is Cc1nc(C(F)F)cc(F)c1Cl. The Morgan fingerprint density at radius 3 is 2.50 bits per heavy atom. The Labute approximate surface area is 72.2 Å². The Bertz CT molecular complexity index is 278. The van der Waals surface area contributed by atoms with Crippen LogP contribution in [0.2, 0.25) is 5.02 Å². The Hall–Kier alpha value is -0.770. The number of hydrogen-bond donors (Lipinski definition) is 0. The van der Waals surface area contributed by atoms with Gasteiger partial charge in [-0.2, -0.15) is 0 Å². The fourth-order valence-corrected chi connectivity index (χ4v) is 0.850. The molecule has 0 unspecified atom stereocenters. The van der Waals surface area contributed by atoms with Crippen LogP contribution in [-0.4, -0.2) is 4.98 Å². The molecule has 0 radical (unpaired) electrons. The summed E-state index contributed by atoms with van der Waals surface area (Å²) in [5.41, 5.74) is -0.513. The van der Waals surface area contributed by atoms with E-state index in [1.807, 2.05) is 0 Å². The third kappa shape index (κ3) is 1.69. The number of alkyl halides is 2. The molecule has 0 N–H and O–H groups in total. The number of rotatable bonds is 1. The standard InChI is InChI=1S/C7H5ClF3N/c1-3-6(8)4(9)2-5(12-3)7(10)11/h2,7H,1H3. The molecule has 0 aromatic carbocycles. The van der Waals surface area contributed by atoms with Crippen LogP contribution in [0.5, 0.6) is 0 Å². The molecule has 1 aromatic heterocycles. The van der Waals surface area contributed by atoms with Crippen LogP contribution >= 0.6 is 11.6 Å². The lowest BCUT2D eigenvalue weighted by atomic mass is 10.3. The van der Waals surface area contributed by atoms with Gasteiger partial charge in [0.15, 0.2) is 0 Å². The van der Waals surface area contributed by atoms with Crippen LogP contribution < -0.4 is 0 Å². The fraction of sp³-hybridized carbons (Fsp3) is 0.286. The van der Waals surface area contributed by atoms with Gasteiger partial charge in [0.25, 0.3) is 6.43 Å². The molecule has 0 aliphatic carbocycles. The highest BCUT2D eigenvalue weighted by Crippen LogP contribution is 2.23. The Kier molecular flexibility index (Phi) is 2.57. The largest absolute Gasteiger partial charge is 0.280 e. The monoisotopic (exact) mass is 195 g/mol. The Morgan fingerprint density at radius 1 is 1.50 bits per heavy atom. The highest BCUT2D eigenvalue weighted by atomic mass is 35.5. The summed E-state index contributed by atoms with van der Waals surface area (Å²) < 4.78 is 36.7. The third-order valence-electron chi connectivity index (χ3n) is 1.32. The van der Waals surface area contributed by atoms with Crippen molar-refractivity contribution in [3.8, 4) is 0 Å². The summed E-state index contributed by atoms with van der Waals surface area (Å²) in [6, 6.07) is 0.639. The molecule has 0 amide bonds. The van der Waals surface area contributed by atoms with Gasteiger partial charge < -0.3 is 0 Å². The molecule has 0 aliphatic rings. The highest BCUT2D eigenvalue weighted by Gasteiger charge is 2.13. The fourth-order valence-electron chi connectivity index (χ4n) is 0.753. The van der Waals surface area contributed by atoms with Crippen LogP contribution in [0, 0.1) is 12.7 Å². The van der Waals surface area contributed by atoms with Crippen LogP contribution in [0.3, 0.4) is 0 Å². The van der Waals surface area contributed by atoms with Crippen molar-refractivity contribution >= 4 is 11.6 Å². The summed E-state index contributed by atoms with van der Waals surface area (Å²) in [6.45, 7) is 1.37. The van der Waals surface area contributed by atoms with Gasteiger partial charge in [-0.15, -0.1) is 0 Å². The number of pyridine rings is 1. The molecule has 1 heterocycles. The van der Waals surface area contributed by atoms with Gasteiger partial charge in [-0.05, 0) is 6.92 Å². The molecule has 0 saturated carbocycles. The van der Waals surface area contributed by atoms with Gasteiger partial charge in [-0.1, -0.05) is 11.6 Å². The van der Waals surface area contributed by atoms with E-state index in [0.717, 1.165) is 0 Å². The molecule has 0 saturated heterocycles. The maximum absolute atomic E-state index is 12.7. The van der Waals surface area contributed by atoms with E-state index in [2.05, 4.69) is 4.98 Å². The van der Waals surface area contributed by atoms with E-state index in [9.17, 15) is 13.2 Å². The number of aryl methyl sites for hydroxylation is 1. The van der Waals surface area contributed by atoms with E-state index < -0.39 is 17.9 Å². The lowest BCUT2D eigenvalue weighted by Crippen LogP contribution is -1.95. The molecule has 0 aliphatic heterocycles. The van der Waals surface area contributed by atoms with Gasteiger partial charge in [-0.25, -0.2) is 13.2 Å². The third-order valence-corrected chi connectivity index (χ3v) is 1.78. The molecule has 0 fully saturated rings. The number of aromatic nitrogens is 1. The van der Waals surface area contributed by atoms with Gasteiger partial charge in [0.05, 0.1) is 10.7 Å². The Morgan fingerprint density at radius 2 is 2.08 bits per heavy atom. The van der Waals surface area contributed by atoms with E-state index in [4.69, 9.17) is 11.6 Å².